The predicted molar refractivity (Wildman–Crippen MR) is 88.7 cm³/mol. The van der Waals surface area contributed by atoms with Gasteiger partial charge in [-0.15, -0.1) is 5.10 Å². The molecule has 0 radical (unpaired) electrons. The molecule has 6 heteroatoms. The van der Waals surface area contributed by atoms with Gasteiger partial charge in [0.25, 0.3) is 5.91 Å². The van der Waals surface area contributed by atoms with Gasteiger partial charge in [-0.1, -0.05) is 22.9 Å². The third-order valence-electron chi connectivity index (χ3n) is 4.41. The van der Waals surface area contributed by atoms with Crippen LogP contribution in [0.4, 0.5) is 0 Å². The number of hydrogen-bond acceptors (Lipinski definition) is 4. The van der Waals surface area contributed by atoms with Gasteiger partial charge in [0.15, 0.2) is 5.69 Å². The maximum Gasteiger partial charge on any atom is 0.276 e. The van der Waals surface area contributed by atoms with E-state index >= 15 is 0 Å². The average molecular weight is 313 g/mol. The molecule has 1 aromatic heterocycles. The third kappa shape index (κ3) is 3.59. The Labute approximate surface area is 136 Å². The van der Waals surface area contributed by atoms with Gasteiger partial charge in [0, 0.05) is 13.1 Å². The fourth-order valence-corrected chi connectivity index (χ4v) is 2.98. The van der Waals surface area contributed by atoms with E-state index in [-0.39, 0.29) is 5.91 Å². The lowest BCUT2D eigenvalue weighted by atomic mass is 9.97. The number of likely N-dealkylation sites (tertiary alicyclic amines) is 1. The SMILES string of the molecule is CNCC1CCN(C(=O)c2cn(-c3ccc(C)cc3)nn2)CC1. The molecule has 1 amide bonds. The highest BCUT2D eigenvalue weighted by atomic mass is 16.2. The molecule has 3 rings (SSSR count). The molecule has 0 bridgehead atoms. The van der Waals surface area contributed by atoms with Crippen LogP contribution in [-0.4, -0.2) is 52.5 Å². The standard InChI is InChI=1S/C17H23N5O/c1-13-3-5-15(6-4-13)22-12-16(19-20-22)17(23)21-9-7-14(8-10-21)11-18-2/h3-6,12,14,18H,7-11H2,1-2H3. The maximum atomic E-state index is 12.6. The van der Waals surface area contributed by atoms with E-state index in [2.05, 4.69) is 15.6 Å². The van der Waals surface area contributed by atoms with E-state index in [1.807, 2.05) is 43.1 Å². The van der Waals surface area contributed by atoms with Crippen molar-refractivity contribution in [2.75, 3.05) is 26.7 Å². The fourth-order valence-electron chi connectivity index (χ4n) is 2.98. The number of nitrogens with zero attached hydrogens (tertiary/aromatic N) is 4. The van der Waals surface area contributed by atoms with Gasteiger partial charge in [-0.2, -0.15) is 0 Å². The Hall–Kier alpha value is -2.21. The van der Waals surface area contributed by atoms with E-state index in [9.17, 15) is 4.79 Å². The van der Waals surface area contributed by atoms with E-state index in [0.717, 1.165) is 38.2 Å². The van der Waals surface area contributed by atoms with E-state index in [1.165, 1.54) is 5.56 Å². The van der Waals surface area contributed by atoms with Crippen LogP contribution in [-0.2, 0) is 0 Å². The summed E-state index contributed by atoms with van der Waals surface area (Å²) in [5.74, 6) is 0.638. The molecule has 0 unspecified atom stereocenters. The first-order valence-corrected chi connectivity index (χ1v) is 8.10. The second-order valence-corrected chi connectivity index (χ2v) is 6.18. The topological polar surface area (TPSA) is 63.1 Å². The van der Waals surface area contributed by atoms with Crippen LogP contribution in [0, 0.1) is 12.8 Å². The molecule has 0 atom stereocenters. The van der Waals surface area contributed by atoms with Crippen LogP contribution in [0.2, 0.25) is 0 Å². The molecular formula is C17H23N5O. The number of carbonyl (C=O) groups is 1. The van der Waals surface area contributed by atoms with Gasteiger partial charge in [0.2, 0.25) is 0 Å². The zero-order valence-corrected chi connectivity index (χ0v) is 13.7. The zero-order valence-electron chi connectivity index (χ0n) is 13.7. The van der Waals surface area contributed by atoms with Crippen LogP contribution in [0.1, 0.15) is 28.9 Å². The largest absolute Gasteiger partial charge is 0.337 e. The van der Waals surface area contributed by atoms with Crippen LogP contribution >= 0.6 is 0 Å². The van der Waals surface area contributed by atoms with Crippen molar-refractivity contribution in [1.82, 2.24) is 25.2 Å². The molecular weight excluding hydrogens is 290 g/mol. The number of hydrogen-bond donors (Lipinski definition) is 1. The van der Waals surface area contributed by atoms with Crippen LogP contribution < -0.4 is 5.32 Å². The van der Waals surface area contributed by atoms with Crippen LogP contribution in [0.15, 0.2) is 30.5 Å². The minimum atomic E-state index is -0.0220. The lowest BCUT2D eigenvalue weighted by Crippen LogP contribution is -2.40. The molecule has 2 aromatic rings. The van der Waals surface area contributed by atoms with Gasteiger partial charge < -0.3 is 10.2 Å². The van der Waals surface area contributed by atoms with Crippen molar-refractivity contribution in [3.63, 3.8) is 0 Å². The number of rotatable bonds is 4. The summed E-state index contributed by atoms with van der Waals surface area (Å²) in [7, 11) is 1.97. The summed E-state index contributed by atoms with van der Waals surface area (Å²) in [6.45, 7) is 4.65. The molecule has 1 N–H and O–H groups in total. The van der Waals surface area contributed by atoms with Crippen molar-refractivity contribution >= 4 is 5.91 Å². The van der Waals surface area contributed by atoms with E-state index in [1.54, 1.807) is 10.9 Å². The summed E-state index contributed by atoms with van der Waals surface area (Å²) in [6.07, 6.45) is 3.80. The second kappa shape index (κ2) is 6.91. The Morgan fingerprint density at radius 3 is 2.61 bits per heavy atom. The predicted octanol–water partition coefficient (Wildman–Crippen LogP) is 1.65. The van der Waals surface area contributed by atoms with Gasteiger partial charge in [0.05, 0.1) is 11.9 Å². The molecule has 1 fully saturated rings. The Kier molecular flexibility index (Phi) is 4.71. The number of benzene rings is 1. The summed E-state index contributed by atoms with van der Waals surface area (Å²) in [6, 6.07) is 7.99. The smallest absolute Gasteiger partial charge is 0.276 e. The average Bonchev–Trinajstić information content (AvgIpc) is 3.06. The molecule has 23 heavy (non-hydrogen) atoms. The van der Waals surface area contributed by atoms with Crippen molar-refractivity contribution in [1.29, 1.82) is 0 Å². The third-order valence-corrected chi connectivity index (χ3v) is 4.41. The number of aromatic nitrogens is 3. The fraction of sp³-hybridized carbons (Fsp3) is 0.471. The lowest BCUT2D eigenvalue weighted by Gasteiger charge is -2.31. The van der Waals surface area contributed by atoms with E-state index in [0.29, 0.717) is 11.6 Å². The quantitative estimate of drug-likeness (QED) is 0.932. The second-order valence-electron chi connectivity index (χ2n) is 6.18. The van der Waals surface area contributed by atoms with Gasteiger partial charge in [-0.25, -0.2) is 4.68 Å². The molecule has 0 saturated carbocycles. The van der Waals surface area contributed by atoms with Crippen molar-refractivity contribution in [3.8, 4) is 5.69 Å². The van der Waals surface area contributed by atoms with E-state index in [4.69, 9.17) is 0 Å². The van der Waals surface area contributed by atoms with Gasteiger partial charge in [0.1, 0.15) is 0 Å². The van der Waals surface area contributed by atoms with E-state index < -0.39 is 0 Å². The van der Waals surface area contributed by atoms with Crippen molar-refractivity contribution in [2.24, 2.45) is 5.92 Å². The Morgan fingerprint density at radius 2 is 1.96 bits per heavy atom. The summed E-state index contributed by atoms with van der Waals surface area (Å²) < 4.78 is 1.65. The first-order chi connectivity index (χ1) is 11.2. The summed E-state index contributed by atoms with van der Waals surface area (Å²) in [5, 5.41) is 11.3. The zero-order chi connectivity index (χ0) is 16.2. The number of amides is 1. The normalized spacial score (nSPS) is 15.8. The molecule has 0 spiro atoms. The van der Waals surface area contributed by atoms with Gasteiger partial charge in [-0.3, -0.25) is 4.79 Å². The highest BCUT2D eigenvalue weighted by Crippen LogP contribution is 2.18. The Morgan fingerprint density at radius 1 is 1.26 bits per heavy atom. The van der Waals surface area contributed by atoms with Gasteiger partial charge >= 0.3 is 0 Å². The summed E-state index contributed by atoms with van der Waals surface area (Å²) >= 11 is 0. The van der Waals surface area contributed by atoms with Crippen LogP contribution in [0.25, 0.3) is 5.69 Å². The van der Waals surface area contributed by atoms with Crippen LogP contribution in [0.3, 0.4) is 0 Å². The van der Waals surface area contributed by atoms with Crippen molar-refractivity contribution in [3.05, 3.63) is 41.7 Å². The van der Waals surface area contributed by atoms with Gasteiger partial charge in [-0.05, 0) is 51.4 Å². The first-order valence-electron chi connectivity index (χ1n) is 8.10. The Bertz CT molecular complexity index is 656. The summed E-state index contributed by atoms with van der Waals surface area (Å²) in [4.78, 5) is 14.4. The summed E-state index contributed by atoms with van der Waals surface area (Å²) in [5.41, 5.74) is 2.52. The van der Waals surface area contributed by atoms with Crippen molar-refractivity contribution < 1.29 is 4.79 Å². The maximum absolute atomic E-state index is 12.6. The highest BCUT2D eigenvalue weighted by Gasteiger charge is 2.25. The molecule has 1 aliphatic rings. The Balaban J connectivity index is 1.66. The molecule has 1 saturated heterocycles. The minimum absolute atomic E-state index is 0.0220. The highest BCUT2D eigenvalue weighted by molar-refractivity contribution is 5.92. The molecule has 2 heterocycles. The molecule has 6 nitrogen and oxygen atoms in total. The monoisotopic (exact) mass is 313 g/mol. The minimum Gasteiger partial charge on any atom is -0.337 e. The number of aryl methyl sites for hydroxylation is 1. The first kappa shape index (κ1) is 15.7. The molecule has 1 aromatic carbocycles. The number of piperidine rings is 1. The number of nitrogens with one attached hydrogen (secondary N) is 1. The van der Waals surface area contributed by atoms with Crippen molar-refractivity contribution in [2.45, 2.75) is 19.8 Å². The molecule has 0 aliphatic carbocycles. The lowest BCUT2D eigenvalue weighted by molar-refractivity contribution is 0.0685. The van der Waals surface area contributed by atoms with Crippen LogP contribution in [0.5, 0.6) is 0 Å². The molecule has 122 valence electrons. The molecule has 1 aliphatic heterocycles. The number of carbonyl (C=O) groups excluding carboxylic acids is 1.